The molecule has 1 amide bonds. The monoisotopic (exact) mass is 427 g/mol. The van der Waals surface area contributed by atoms with E-state index >= 15 is 0 Å². The number of carbonyl (C=O) groups is 2. The van der Waals surface area contributed by atoms with Gasteiger partial charge >= 0.3 is 18.3 Å². The molecule has 0 fully saturated rings. The van der Waals surface area contributed by atoms with Crippen LogP contribution in [0.5, 0.6) is 0 Å². The molecule has 4 nitrogen and oxygen atoms in total. The number of rotatable bonds is 9. The lowest BCUT2D eigenvalue weighted by Gasteiger charge is -2.17. The van der Waals surface area contributed by atoms with Crippen LogP contribution < -0.4 is 5.32 Å². The Kier molecular flexibility index (Phi) is 8.97. The lowest BCUT2D eigenvalue weighted by molar-refractivity contribution is -0.145. The Bertz CT molecular complexity index is 668. The Morgan fingerprint density at radius 1 is 0.966 bits per heavy atom. The fraction of sp³-hybridized carbons (Fsp3) is 0.579. The maximum atomic E-state index is 12.9. The minimum Gasteiger partial charge on any atom is -0.467 e. The van der Waals surface area contributed by atoms with Crippen LogP contribution in [0.2, 0.25) is 0 Å². The van der Waals surface area contributed by atoms with Gasteiger partial charge in [-0.05, 0) is 30.2 Å². The Morgan fingerprint density at radius 3 is 1.97 bits per heavy atom. The average molecular weight is 427 g/mol. The molecular weight excluding hydrogens is 404 g/mol. The van der Waals surface area contributed by atoms with Crippen LogP contribution in [0.1, 0.15) is 55.7 Å². The number of hydrogen-bond acceptors (Lipinski definition) is 3. The third-order valence-electron chi connectivity index (χ3n) is 4.18. The molecule has 0 radical (unpaired) electrons. The van der Waals surface area contributed by atoms with Gasteiger partial charge in [-0.3, -0.25) is 4.79 Å². The summed E-state index contributed by atoms with van der Waals surface area (Å²) in [6, 6.07) is -0.0454. The SMILES string of the molecule is CCCCCC[C@H](NC(=O)Cc1cc(C(F)(F)F)cc(C(F)(F)F)c1)C(=O)OC. The maximum absolute atomic E-state index is 12.9. The molecule has 1 rings (SSSR count). The Labute approximate surface area is 164 Å². The zero-order valence-corrected chi connectivity index (χ0v) is 16.0. The van der Waals surface area contributed by atoms with Crippen LogP contribution in [0.15, 0.2) is 18.2 Å². The van der Waals surface area contributed by atoms with Crippen LogP contribution in [0.25, 0.3) is 0 Å². The summed E-state index contributed by atoms with van der Waals surface area (Å²) < 4.78 is 82.0. The standard InChI is InChI=1S/C19H23F6NO3/c1-3-4-5-6-7-15(17(28)29-2)26-16(27)10-12-8-13(18(20,21)22)11-14(9-12)19(23,24)25/h8-9,11,15H,3-7,10H2,1-2H3,(H,26,27)/t15-/m0/s1. The second-order valence-electron chi connectivity index (χ2n) is 6.58. The molecule has 1 atom stereocenters. The smallest absolute Gasteiger partial charge is 0.416 e. The number of carbonyl (C=O) groups excluding carboxylic acids is 2. The van der Waals surface area contributed by atoms with Crippen molar-refractivity contribution in [3.8, 4) is 0 Å². The van der Waals surface area contributed by atoms with E-state index in [1.807, 2.05) is 6.92 Å². The fourth-order valence-electron chi connectivity index (χ4n) is 2.72. The van der Waals surface area contributed by atoms with Crippen molar-refractivity contribution in [1.82, 2.24) is 5.32 Å². The number of unbranched alkanes of at least 4 members (excludes halogenated alkanes) is 3. The maximum Gasteiger partial charge on any atom is 0.416 e. The molecule has 0 spiro atoms. The average Bonchev–Trinajstić information content (AvgIpc) is 2.61. The number of halogens is 6. The first-order valence-electron chi connectivity index (χ1n) is 9.04. The first-order chi connectivity index (χ1) is 13.4. The van der Waals surface area contributed by atoms with E-state index in [-0.39, 0.29) is 12.5 Å². The molecule has 1 aromatic rings. The number of nitrogens with one attached hydrogen (secondary N) is 1. The third-order valence-corrected chi connectivity index (χ3v) is 4.18. The summed E-state index contributed by atoms with van der Waals surface area (Å²) in [5.41, 5.74) is -3.46. The molecule has 0 unspecified atom stereocenters. The second kappa shape index (κ2) is 10.5. The highest BCUT2D eigenvalue weighted by Crippen LogP contribution is 2.36. The Hall–Kier alpha value is -2.26. The molecule has 0 aliphatic heterocycles. The van der Waals surface area contributed by atoms with E-state index in [0.29, 0.717) is 18.6 Å². The molecule has 0 saturated carbocycles. The van der Waals surface area contributed by atoms with Gasteiger partial charge in [0, 0.05) is 0 Å². The summed E-state index contributed by atoms with van der Waals surface area (Å²) in [7, 11) is 1.12. The van der Waals surface area contributed by atoms with E-state index in [2.05, 4.69) is 10.1 Å². The minimum absolute atomic E-state index is 0.00755. The van der Waals surface area contributed by atoms with Crippen molar-refractivity contribution in [3.05, 3.63) is 34.9 Å². The molecular formula is C19H23F6NO3. The van der Waals surface area contributed by atoms with Gasteiger partial charge in [-0.1, -0.05) is 32.6 Å². The number of benzene rings is 1. The van der Waals surface area contributed by atoms with Gasteiger partial charge in [-0.2, -0.15) is 26.3 Å². The summed E-state index contributed by atoms with van der Waals surface area (Å²) >= 11 is 0. The number of methoxy groups -OCH3 is 1. The lowest BCUT2D eigenvalue weighted by Crippen LogP contribution is -2.42. The largest absolute Gasteiger partial charge is 0.467 e. The number of alkyl halides is 6. The van der Waals surface area contributed by atoms with Gasteiger partial charge in [-0.25, -0.2) is 4.79 Å². The number of amides is 1. The van der Waals surface area contributed by atoms with Crippen LogP contribution in [-0.2, 0) is 33.1 Å². The summed E-state index contributed by atoms with van der Waals surface area (Å²) in [6.45, 7) is 1.99. The summed E-state index contributed by atoms with van der Waals surface area (Å²) in [5, 5.41) is 2.33. The van der Waals surface area contributed by atoms with E-state index in [1.165, 1.54) is 0 Å². The lowest BCUT2D eigenvalue weighted by atomic mass is 10.0. The fourth-order valence-corrected chi connectivity index (χ4v) is 2.72. The highest BCUT2D eigenvalue weighted by atomic mass is 19.4. The zero-order chi connectivity index (χ0) is 22.2. The highest BCUT2D eigenvalue weighted by molar-refractivity contribution is 5.85. The third kappa shape index (κ3) is 8.33. The molecule has 0 aliphatic rings. The Balaban J connectivity index is 2.96. The molecule has 0 aromatic heterocycles. The normalized spacial score (nSPS) is 13.1. The Morgan fingerprint density at radius 2 is 1.52 bits per heavy atom. The zero-order valence-electron chi connectivity index (χ0n) is 16.0. The van der Waals surface area contributed by atoms with Gasteiger partial charge < -0.3 is 10.1 Å². The molecule has 0 heterocycles. The van der Waals surface area contributed by atoms with E-state index in [0.717, 1.165) is 26.4 Å². The van der Waals surface area contributed by atoms with Crippen LogP contribution in [0.3, 0.4) is 0 Å². The summed E-state index contributed by atoms with van der Waals surface area (Å²) in [5.74, 6) is -1.60. The molecule has 10 heteroatoms. The van der Waals surface area contributed by atoms with Crippen molar-refractivity contribution in [3.63, 3.8) is 0 Å². The van der Waals surface area contributed by atoms with Crippen molar-refractivity contribution in [2.24, 2.45) is 0 Å². The van der Waals surface area contributed by atoms with Gasteiger partial charge in [0.25, 0.3) is 0 Å². The topological polar surface area (TPSA) is 55.4 Å². The van der Waals surface area contributed by atoms with E-state index in [4.69, 9.17) is 0 Å². The van der Waals surface area contributed by atoms with Gasteiger partial charge in [0.05, 0.1) is 24.7 Å². The number of ether oxygens (including phenoxy) is 1. The van der Waals surface area contributed by atoms with Gasteiger partial charge in [0.1, 0.15) is 6.04 Å². The predicted molar refractivity (Wildman–Crippen MR) is 92.9 cm³/mol. The van der Waals surface area contributed by atoms with Crippen LogP contribution in [-0.4, -0.2) is 25.0 Å². The second-order valence-corrected chi connectivity index (χ2v) is 6.58. The van der Waals surface area contributed by atoms with Crippen molar-refractivity contribution < 1.29 is 40.7 Å². The van der Waals surface area contributed by atoms with E-state index in [1.54, 1.807) is 0 Å². The van der Waals surface area contributed by atoms with Crippen molar-refractivity contribution >= 4 is 11.9 Å². The van der Waals surface area contributed by atoms with Crippen LogP contribution in [0, 0.1) is 0 Å². The highest BCUT2D eigenvalue weighted by Gasteiger charge is 2.37. The number of esters is 1. The predicted octanol–water partition coefficient (Wildman–Crippen LogP) is 4.89. The molecule has 29 heavy (non-hydrogen) atoms. The van der Waals surface area contributed by atoms with Crippen molar-refractivity contribution in [2.75, 3.05) is 7.11 Å². The minimum atomic E-state index is -5.00. The molecule has 1 N–H and O–H groups in total. The first-order valence-corrected chi connectivity index (χ1v) is 9.04. The molecule has 0 aliphatic carbocycles. The molecule has 0 saturated heterocycles. The van der Waals surface area contributed by atoms with Crippen molar-refractivity contribution in [1.29, 1.82) is 0 Å². The molecule has 164 valence electrons. The van der Waals surface area contributed by atoms with E-state index < -0.39 is 53.4 Å². The summed E-state index contributed by atoms with van der Waals surface area (Å²) in [4.78, 5) is 24.0. The molecule has 0 bridgehead atoms. The number of hydrogen-bond donors (Lipinski definition) is 1. The molecule has 1 aromatic carbocycles. The van der Waals surface area contributed by atoms with Crippen LogP contribution in [0.4, 0.5) is 26.3 Å². The quantitative estimate of drug-likeness (QED) is 0.347. The summed E-state index contributed by atoms with van der Waals surface area (Å²) in [6.07, 6.45) is -7.19. The van der Waals surface area contributed by atoms with Gasteiger partial charge in [0.2, 0.25) is 5.91 Å². The van der Waals surface area contributed by atoms with E-state index in [9.17, 15) is 35.9 Å². The van der Waals surface area contributed by atoms with Crippen molar-refractivity contribution in [2.45, 2.75) is 63.8 Å². The first kappa shape index (κ1) is 24.8. The van der Waals surface area contributed by atoms with Gasteiger partial charge in [0.15, 0.2) is 0 Å². The van der Waals surface area contributed by atoms with Gasteiger partial charge in [-0.15, -0.1) is 0 Å². The van der Waals surface area contributed by atoms with Crippen LogP contribution >= 0.6 is 0 Å².